The van der Waals surface area contributed by atoms with Gasteiger partial charge in [-0.25, -0.2) is 0 Å². The smallest absolute Gasteiger partial charge is 0.135 e. The summed E-state index contributed by atoms with van der Waals surface area (Å²) in [4.78, 5) is 11.3. The Kier molecular flexibility index (Phi) is 12.4. The zero-order chi connectivity index (χ0) is 16.8. The van der Waals surface area contributed by atoms with E-state index in [1.807, 2.05) is 13.8 Å². The van der Waals surface area contributed by atoms with Gasteiger partial charge in [-0.05, 0) is 39.0 Å². The van der Waals surface area contributed by atoms with Gasteiger partial charge in [0.25, 0.3) is 0 Å². The van der Waals surface area contributed by atoms with Crippen LogP contribution in [0.15, 0.2) is 0 Å². The molecule has 1 aliphatic rings. The van der Waals surface area contributed by atoms with Crippen molar-refractivity contribution in [1.29, 1.82) is 0 Å². The van der Waals surface area contributed by atoms with Gasteiger partial charge < -0.3 is 18.9 Å². The van der Waals surface area contributed by atoms with Crippen molar-refractivity contribution >= 4 is 5.78 Å². The molecule has 0 saturated heterocycles. The van der Waals surface area contributed by atoms with Crippen LogP contribution >= 0.6 is 0 Å². The van der Waals surface area contributed by atoms with Crippen LogP contribution < -0.4 is 0 Å². The topological polar surface area (TPSA) is 54.0 Å². The highest BCUT2D eigenvalue weighted by Crippen LogP contribution is 2.23. The molecule has 5 nitrogen and oxygen atoms in total. The van der Waals surface area contributed by atoms with Gasteiger partial charge in [0.05, 0.1) is 45.2 Å². The van der Waals surface area contributed by atoms with Gasteiger partial charge in [-0.2, -0.15) is 0 Å². The van der Waals surface area contributed by atoms with Gasteiger partial charge in [-0.3, -0.25) is 4.79 Å². The molecule has 0 amide bonds. The number of ether oxygens (including phenoxy) is 4. The van der Waals surface area contributed by atoms with Crippen LogP contribution in [0.3, 0.4) is 0 Å². The number of carbonyl (C=O) groups is 1. The first-order valence-corrected chi connectivity index (χ1v) is 9.16. The van der Waals surface area contributed by atoms with E-state index in [1.54, 1.807) is 0 Å². The lowest BCUT2D eigenvalue weighted by Crippen LogP contribution is -2.27. The van der Waals surface area contributed by atoms with E-state index in [1.165, 1.54) is 0 Å². The minimum Gasteiger partial charge on any atom is -0.379 e. The van der Waals surface area contributed by atoms with Crippen molar-refractivity contribution in [3.05, 3.63) is 0 Å². The largest absolute Gasteiger partial charge is 0.379 e. The van der Waals surface area contributed by atoms with Crippen molar-refractivity contribution in [3.63, 3.8) is 0 Å². The van der Waals surface area contributed by atoms with Crippen molar-refractivity contribution in [3.8, 4) is 0 Å². The highest BCUT2D eigenvalue weighted by Gasteiger charge is 2.21. The van der Waals surface area contributed by atoms with E-state index in [-0.39, 0.29) is 5.78 Å². The maximum atomic E-state index is 11.3. The second kappa shape index (κ2) is 13.9. The molecule has 136 valence electrons. The summed E-state index contributed by atoms with van der Waals surface area (Å²) in [6, 6.07) is 0. The fraction of sp³-hybridized carbons (Fsp3) is 0.944. The van der Waals surface area contributed by atoms with Crippen LogP contribution in [0.5, 0.6) is 0 Å². The van der Waals surface area contributed by atoms with Gasteiger partial charge in [-0.15, -0.1) is 0 Å². The van der Waals surface area contributed by atoms with Crippen LogP contribution in [0.2, 0.25) is 0 Å². The standard InChI is InChI=1S/C18H34O5/c1-3-5-16(19)10-11-20-12-13-21-14-15-23-18-8-6-17(7-9-18)22-4-2/h17-18H,3-15H2,1-2H3. The maximum Gasteiger partial charge on any atom is 0.135 e. The molecule has 0 heterocycles. The Morgan fingerprint density at radius 2 is 1.35 bits per heavy atom. The van der Waals surface area contributed by atoms with E-state index in [2.05, 4.69) is 0 Å². The number of Topliss-reactive ketones (excluding diaryl/α,β-unsaturated/α-hetero) is 1. The van der Waals surface area contributed by atoms with Crippen molar-refractivity contribution in [1.82, 2.24) is 0 Å². The zero-order valence-corrected chi connectivity index (χ0v) is 14.9. The van der Waals surface area contributed by atoms with Gasteiger partial charge in [0, 0.05) is 19.4 Å². The predicted octanol–water partition coefficient (Wildman–Crippen LogP) is 3.14. The molecule has 0 aromatic carbocycles. The molecule has 23 heavy (non-hydrogen) atoms. The summed E-state index contributed by atoms with van der Waals surface area (Å²) in [5.74, 6) is 0.279. The molecule has 1 aliphatic carbocycles. The summed E-state index contributed by atoms with van der Waals surface area (Å²) >= 11 is 0. The molecule has 1 saturated carbocycles. The number of carbonyl (C=O) groups excluding carboxylic acids is 1. The van der Waals surface area contributed by atoms with Gasteiger partial charge in [0.1, 0.15) is 5.78 Å². The molecule has 0 aliphatic heterocycles. The van der Waals surface area contributed by atoms with Crippen LogP contribution in [0.25, 0.3) is 0 Å². The van der Waals surface area contributed by atoms with Gasteiger partial charge >= 0.3 is 0 Å². The molecule has 0 bridgehead atoms. The molecule has 0 radical (unpaired) electrons. The third kappa shape index (κ3) is 10.8. The summed E-state index contributed by atoms with van der Waals surface area (Å²) in [5.41, 5.74) is 0. The van der Waals surface area contributed by atoms with Gasteiger partial charge in [-0.1, -0.05) is 6.92 Å². The van der Waals surface area contributed by atoms with E-state index in [0.29, 0.717) is 58.1 Å². The SMILES string of the molecule is CCCC(=O)CCOCCOCCOC1CCC(OCC)CC1. The van der Waals surface area contributed by atoms with E-state index in [9.17, 15) is 4.79 Å². The number of hydrogen-bond acceptors (Lipinski definition) is 5. The Balaban J connectivity index is 1.82. The third-order valence-corrected chi connectivity index (χ3v) is 4.03. The van der Waals surface area contributed by atoms with E-state index in [0.717, 1.165) is 38.7 Å². The molecule has 1 rings (SSSR count). The second-order valence-corrected chi connectivity index (χ2v) is 5.99. The molecule has 0 aromatic rings. The molecule has 5 heteroatoms. The van der Waals surface area contributed by atoms with Crippen LogP contribution in [-0.2, 0) is 23.7 Å². The average Bonchev–Trinajstić information content (AvgIpc) is 2.55. The summed E-state index contributed by atoms with van der Waals surface area (Å²) in [7, 11) is 0. The summed E-state index contributed by atoms with van der Waals surface area (Å²) < 4.78 is 22.3. The zero-order valence-electron chi connectivity index (χ0n) is 14.9. The third-order valence-electron chi connectivity index (χ3n) is 4.03. The van der Waals surface area contributed by atoms with Crippen LogP contribution in [-0.4, -0.2) is 57.6 Å². The van der Waals surface area contributed by atoms with Crippen molar-refractivity contribution in [2.75, 3.05) is 39.6 Å². The Morgan fingerprint density at radius 3 is 1.96 bits per heavy atom. The average molecular weight is 330 g/mol. The Bertz CT molecular complexity index is 287. The van der Waals surface area contributed by atoms with Crippen molar-refractivity contribution < 1.29 is 23.7 Å². The molecule has 0 unspecified atom stereocenters. The predicted molar refractivity (Wildman–Crippen MR) is 89.8 cm³/mol. The van der Waals surface area contributed by atoms with Crippen molar-refractivity contribution in [2.24, 2.45) is 0 Å². The molecule has 0 aromatic heterocycles. The fourth-order valence-corrected chi connectivity index (χ4v) is 2.79. The number of rotatable bonds is 14. The van der Waals surface area contributed by atoms with Crippen molar-refractivity contribution in [2.45, 2.75) is 71.0 Å². The minimum absolute atomic E-state index is 0.279. The maximum absolute atomic E-state index is 11.3. The molecular weight excluding hydrogens is 296 g/mol. The highest BCUT2D eigenvalue weighted by atomic mass is 16.5. The minimum atomic E-state index is 0.279. The summed E-state index contributed by atoms with van der Waals surface area (Å²) in [6.07, 6.45) is 7.24. The first kappa shape index (κ1) is 20.6. The first-order valence-electron chi connectivity index (χ1n) is 9.16. The molecule has 0 spiro atoms. The summed E-state index contributed by atoms with van der Waals surface area (Å²) in [5, 5.41) is 0. The van der Waals surface area contributed by atoms with Gasteiger partial charge in [0.2, 0.25) is 0 Å². The van der Waals surface area contributed by atoms with E-state index in [4.69, 9.17) is 18.9 Å². The highest BCUT2D eigenvalue weighted by molar-refractivity contribution is 5.78. The molecule has 0 atom stereocenters. The van der Waals surface area contributed by atoms with E-state index >= 15 is 0 Å². The van der Waals surface area contributed by atoms with Crippen LogP contribution in [0.4, 0.5) is 0 Å². The van der Waals surface area contributed by atoms with Gasteiger partial charge in [0.15, 0.2) is 0 Å². The lowest BCUT2D eigenvalue weighted by atomic mass is 9.95. The number of ketones is 1. The lowest BCUT2D eigenvalue weighted by Gasteiger charge is -2.28. The Hall–Kier alpha value is -0.490. The molecule has 1 fully saturated rings. The van der Waals surface area contributed by atoms with E-state index < -0.39 is 0 Å². The fourth-order valence-electron chi connectivity index (χ4n) is 2.79. The quantitative estimate of drug-likeness (QED) is 0.458. The second-order valence-electron chi connectivity index (χ2n) is 5.99. The Labute approximate surface area is 141 Å². The number of hydrogen-bond donors (Lipinski definition) is 0. The normalized spacial score (nSPS) is 21.5. The first-order chi connectivity index (χ1) is 11.3. The summed E-state index contributed by atoms with van der Waals surface area (Å²) in [6.45, 7) is 7.70. The van der Waals surface area contributed by atoms with Crippen LogP contribution in [0.1, 0.15) is 58.8 Å². The van der Waals surface area contributed by atoms with Crippen LogP contribution in [0, 0.1) is 0 Å². The monoisotopic (exact) mass is 330 g/mol. The molecular formula is C18H34O5. The molecule has 0 N–H and O–H groups in total. The lowest BCUT2D eigenvalue weighted by molar-refractivity contribution is -0.120. The Morgan fingerprint density at radius 1 is 0.783 bits per heavy atom.